The highest BCUT2D eigenvalue weighted by atomic mass is 16.5. The first-order valence-corrected chi connectivity index (χ1v) is 6.66. The van der Waals surface area contributed by atoms with E-state index in [1.54, 1.807) is 25.2 Å². The topological polar surface area (TPSA) is 77.0 Å². The van der Waals surface area contributed by atoms with Gasteiger partial charge in [-0.2, -0.15) is 10.5 Å². The maximum atomic E-state index is 9.01. The van der Waals surface area contributed by atoms with E-state index < -0.39 is 0 Å². The van der Waals surface area contributed by atoms with Crippen molar-refractivity contribution in [2.75, 3.05) is 0 Å². The highest BCUT2D eigenvalue weighted by Crippen LogP contribution is 2.22. The van der Waals surface area contributed by atoms with Gasteiger partial charge >= 0.3 is 7.48 Å². The minimum absolute atomic E-state index is 0.0154. The Bertz CT molecular complexity index is 756. The molecule has 1 aromatic rings. The quantitative estimate of drug-likeness (QED) is 0.680. The van der Waals surface area contributed by atoms with E-state index in [2.05, 4.69) is 0 Å². The predicted octanol–water partition coefficient (Wildman–Crippen LogP) is 1.83. The van der Waals surface area contributed by atoms with Crippen molar-refractivity contribution < 1.29 is 9.76 Å². The molecule has 2 rings (SSSR count). The van der Waals surface area contributed by atoms with Crippen molar-refractivity contribution in [3.05, 3.63) is 70.7 Å². The van der Waals surface area contributed by atoms with Crippen LogP contribution in [0.25, 0.3) is 6.08 Å². The molecular formula is C17H13BN2O2. The number of hydrogen-bond donors (Lipinski definition) is 1. The van der Waals surface area contributed by atoms with Crippen LogP contribution in [0.4, 0.5) is 0 Å². The van der Waals surface area contributed by atoms with E-state index in [0.717, 1.165) is 11.0 Å². The first-order valence-electron chi connectivity index (χ1n) is 6.66. The molecule has 0 aliphatic carbocycles. The monoisotopic (exact) mass is 288 g/mol. The highest BCUT2D eigenvalue weighted by Gasteiger charge is 2.10. The van der Waals surface area contributed by atoms with Gasteiger partial charge in [-0.3, -0.25) is 0 Å². The number of nitriles is 2. The van der Waals surface area contributed by atoms with Crippen LogP contribution in [0.2, 0.25) is 0 Å². The molecule has 0 amide bonds. The third-order valence-corrected chi connectivity index (χ3v) is 3.05. The second kappa shape index (κ2) is 7.13. The minimum Gasteiger partial charge on any atom is -0.462 e. The number of nitrogens with zero attached hydrogens (tertiary/aromatic N) is 2. The van der Waals surface area contributed by atoms with Crippen LogP contribution in [0, 0.1) is 22.7 Å². The molecule has 22 heavy (non-hydrogen) atoms. The molecule has 1 heterocycles. The summed E-state index contributed by atoms with van der Waals surface area (Å²) in [5.41, 5.74) is 2.41. The molecular weight excluding hydrogens is 275 g/mol. The molecule has 106 valence electrons. The molecule has 4 nitrogen and oxygen atoms in total. The molecule has 0 aromatic heterocycles. The molecule has 1 aliphatic heterocycles. The molecule has 0 radical (unpaired) electrons. The molecule has 0 fully saturated rings. The lowest BCUT2D eigenvalue weighted by Crippen LogP contribution is -2.11. The summed E-state index contributed by atoms with van der Waals surface area (Å²) in [6, 6.07) is 11.2. The number of ether oxygens (including phenoxy) is 1. The van der Waals surface area contributed by atoms with Gasteiger partial charge in [-0.05, 0) is 30.7 Å². The van der Waals surface area contributed by atoms with Crippen LogP contribution in [0.3, 0.4) is 0 Å². The van der Waals surface area contributed by atoms with Crippen LogP contribution in [0.1, 0.15) is 12.5 Å². The second-order valence-electron chi connectivity index (χ2n) is 4.69. The maximum absolute atomic E-state index is 9.01. The van der Waals surface area contributed by atoms with Crippen molar-refractivity contribution in [2.24, 2.45) is 0 Å². The number of rotatable bonds is 3. The normalized spacial score (nSPS) is 13.5. The van der Waals surface area contributed by atoms with E-state index in [-0.39, 0.29) is 13.1 Å². The zero-order valence-corrected chi connectivity index (χ0v) is 12.1. The van der Waals surface area contributed by atoms with Crippen molar-refractivity contribution in [2.45, 2.75) is 6.92 Å². The first kappa shape index (κ1) is 15.4. The Morgan fingerprint density at radius 3 is 2.41 bits per heavy atom. The molecule has 1 N–H and O–H groups in total. The SMILES string of the molecule is CC1=CC(=C(C#N)C#N)C=C(C=Cc2ccc(BO)cc2)O1. The van der Waals surface area contributed by atoms with Crippen molar-refractivity contribution in [3.8, 4) is 12.1 Å². The maximum Gasteiger partial charge on any atom is 0.304 e. The Labute approximate surface area is 129 Å². The summed E-state index contributed by atoms with van der Waals surface area (Å²) in [7, 11) is 0.0154. The summed E-state index contributed by atoms with van der Waals surface area (Å²) in [5.74, 6) is 1.18. The van der Waals surface area contributed by atoms with E-state index in [0.29, 0.717) is 17.1 Å². The van der Waals surface area contributed by atoms with Crippen LogP contribution in [-0.4, -0.2) is 12.5 Å². The Balaban J connectivity index is 2.25. The Hall–Kier alpha value is -3.02. The Morgan fingerprint density at radius 2 is 1.82 bits per heavy atom. The third kappa shape index (κ3) is 3.76. The zero-order valence-electron chi connectivity index (χ0n) is 12.1. The fourth-order valence-corrected chi connectivity index (χ4v) is 1.95. The van der Waals surface area contributed by atoms with Crippen molar-refractivity contribution in [3.63, 3.8) is 0 Å². The van der Waals surface area contributed by atoms with Crippen LogP contribution in [0.15, 0.2) is 65.2 Å². The molecule has 0 spiro atoms. The minimum atomic E-state index is 0.0154. The summed E-state index contributed by atoms with van der Waals surface area (Å²) in [5, 5.41) is 26.9. The average Bonchev–Trinajstić information content (AvgIpc) is 2.54. The van der Waals surface area contributed by atoms with Crippen LogP contribution in [0.5, 0.6) is 0 Å². The van der Waals surface area contributed by atoms with Gasteiger partial charge in [0, 0.05) is 5.57 Å². The van der Waals surface area contributed by atoms with Crippen LogP contribution < -0.4 is 5.46 Å². The summed E-state index contributed by atoms with van der Waals surface area (Å²) in [6.45, 7) is 1.77. The largest absolute Gasteiger partial charge is 0.462 e. The molecule has 1 aliphatic rings. The third-order valence-electron chi connectivity index (χ3n) is 3.05. The van der Waals surface area contributed by atoms with E-state index in [4.69, 9.17) is 20.3 Å². The van der Waals surface area contributed by atoms with E-state index in [1.807, 2.05) is 42.5 Å². The smallest absolute Gasteiger partial charge is 0.304 e. The first-order chi connectivity index (χ1) is 10.7. The Morgan fingerprint density at radius 1 is 1.14 bits per heavy atom. The molecule has 0 saturated heterocycles. The van der Waals surface area contributed by atoms with Gasteiger partial charge in [-0.25, -0.2) is 0 Å². The van der Waals surface area contributed by atoms with Gasteiger partial charge in [0.05, 0.1) is 0 Å². The van der Waals surface area contributed by atoms with Gasteiger partial charge in [0.15, 0.2) is 0 Å². The standard InChI is InChI=1S/C17H13BN2O2/c1-12-8-14(15(10-19)11-20)9-17(22-12)7-4-13-2-5-16(18-21)6-3-13/h2-9,18,21H,1H3. The lowest BCUT2D eigenvalue weighted by atomic mass is 9.88. The van der Waals surface area contributed by atoms with Crippen molar-refractivity contribution in [1.29, 1.82) is 10.5 Å². The molecule has 1 aromatic carbocycles. The van der Waals surface area contributed by atoms with E-state index in [1.165, 1.54) is 0 Å². The van der Waals surface area contributed by atoms with Gasteiger partial charge < -0.3 is 9.76 Å². The summed E-state index contributed by atoms with van der Waals surface area (Å²) >= 11 is 0. The number of benzene rings is 1. The van der Waals surface area contributed by atoms with Gasteiger partial charge in [0.25, 0.3) is 0 Å². The molecule has 0 saturated carbocycles. The van der Waals surface area contributed by atoms with Crippen LogP contribution in [-0.2, 0) is 4.74 Å². The predicted molar refractivity (Wildman–Crippen MR) is 85.7 cm³/mol. The number of allylic oxidation sites excluding steroid dienone is 6. The summed E-state index contributed by atoms with van der Waals surface area (Å²) in [4.78, 5) is 0. The second-order valence-corrected chi connectivity index (χ2v) is 4.69. The zero-order chi connectivity index (χ0) is 15.9. The highest BCUT2D eigenvalue weighted by molar-refractivity contribution is 6.45. The average molecular weight is 288 g/mol. The lowest BCUT2D eigenvalue weighted by molar-refractivity contribution is 0.318. The van der Waals surface area contributed by atoms with Gasteiger partial charge in [0.2, 0.25) is 0 Å². The van der Waals surface area contributed by atoms with Crippen molar-refractivity contribution in [1.82, 2.24) is 0 Å². The van der Waals surface area contributed by atoms with Crippen LogP contribution >= 0.6 is 0 Å². The summed E-state index contributed by atoms with van der Waals surface area (Å²) in [6.07, 6.45) is 6.96. The van der Waals surface area contributed by atoms with Crippen molar-refractivity contribution >= 4 is 19.0 Å². The fourth-order valence-electron chi connectivity index (χ4n) is 1.95. The molecule has 0 atom stereocenters. The molecule has 5 heteroatoms. The van der Waals surface area contributed by atoms with Gasteiger partial charge in [0.1, 0.15) is 29.2 Å². The summed E-state index contributed by atoms with van der Waals surface area (Å²) < 4.78 is 5.56. The molecule has 0 unspecified atom stereocenters. The lowest BCUT2D eigenvalue weighted by Gasteiger charge is -2.13. The molecule has 0 bridgehead atoms. The Kier molecular flexibility index (Phi) is 4.98. The van der Waals surface area contributed by atoms with E-state index in [9.17, 15) is 0 Å². The van der Waals surface area contributed by atoms with E-state index >= 15 is 0 Å². The van der Waals surface area contributed by atoms with Gasteiger partial charge in [-0.15, -0.1) is 0 Å². The fraction of sp³-hybridized carbons (Fsp3) is 0.0588. The van der Waals surface area contributed by atoms with Gasteiger partial charge in [-0.1, -0.05) is 35.8 Å². The number of hydrogen-bond acceptors (Lipinski definition) is 4.